The first-order chi connectivity index (χ1) is 5.20. The van der Waals surface area contributed by atoms with Crippen LogP contribution in [0.5, 0.6) is 0 Å². The van der Waals surface area contributed by atoms with Crippen LogP contribution in [0, 0.1) is 0 Å². The predicted molar refractivity (Wildman–Crippen MR) is 36.0 cm³/mol. The van der Waals surface area contributed by atoms with Crippen molar-refractivity contribution in [3.63, 3.8) is 0 Å². The largest absolute Gasteiger partial charge is 0.451 e. The van der Waals surface area contributed by atoms with Crippen LogP contribution >= 0.6 is 0 Å². The number of hydrogen-bond donors (Lipinski definition) is 1. The number of amides is 2. The van der Waals surface area contributed by atoms with E-state index in [0.717, 1.165) is 13.3 Å². The number of nitrogens with one attached hydrogen (secondary N) is 1. The Bertz CT molecular complexity index is 177. The van der Waals surface area contributed by atoms with E-state index in [9.17, 15) is 9.59 Å². The summed E-state index contributed by atoms with van der Waals surface area (Å²) in [6.45, 7) is 0. The third-order valence-electron chi connectivity index (χ3n) is 0.664. The minimum Gasteiger partial charge on any atom is -0.451 e. The molecule has 0 spiro atoms. The summed E-state index contributed by atoms with van der Waals surface area (Å²) in [5, 5.41) is 0. The van der Waals surface area contributed by atoms with Crippen LogP contribution in [0.2, 0.25) is 0 Å². The van der Waals surface area contributed by atoms with E-state index < -0.39 is 12.0 Å². The van der Waals surface area contributed by atoms with Gasteiger partial charge in [0, 0.05) is 0 Å². The molecule has 62 valence electrons. The molecular weight excluding hydrogens is 152 g/mol. The molecule has 0 heterocycles. The van der Waals surface area contributed by atoms with Gasteiger partial charge in [-0.15, -0.1) is 0 Å². The number of rotatable bonds is 2. The lowest BCUT2D eigenvalue weighted by Gasteiger charge is -1.93. The molecule has 0 aromatic heterocycles. The fourth-order valence-electron chi connectivity index (χ4n) is 0.291. The molecule has 2 amide bonds. The first kappa shape index (κ1) is 9.57. The van der Waals surface area contributed by atoms with Crippen LogP contribution in [0.15, 0.2) is 4.99 Å². The van der Waals surface area contributed by atoms with Crippen molar-refractivity contribution in [1.29, 1.82) is 0 Å². The molecule has 0 aromatic rings. The van der Waals surface area contributed by atoms with E-state index >= 15 is 0 Å². The van der Waals surface area contributed by atoms with Crippen molar-refractivity contribution < 1.29 is 19.2 Å². The number of ether oxygens (including phenoxy) is 1. The van der Waals surface area contributed by atoms with Gasteiger partial charge in [0.25, 0.3) is 5.91 Å². The van der Waals surface area contributed by atoms with Gasteiger partial charge in [-0.25, -0.2) is 10.3 Å². The van der Waals surface area contributed by atoms with Crippen molar-refractivity contribution in [2.45, 2.75) is 0 Å². The zero-order chi connectivity index (χ0) is 8.69. The first-order valence-electron chi connectivity index (χ1n) is 2.65. The number of carbonyl (C=O) groups is 2. The lowest BCUT2D eigenvalue weighted by atomic mass is 10.7. The number of hydrogen-bond acceptors (Lipinski definition) is 4. The summed E-state index contributed by atoms with van der Waals surface area (Å²) in [6.07, 6.45) is -0.0775. The topological polar surface area (TPSA) is 77.0 Å². The summed E-state index contributed by atoms with van der Waals surface area (Å²) in [5.41, 5.74) is 1.93. The van der Waals surface area contributed by atoms with Crippen molar-refractivity contribution in [3.8, 4) is 0 Å². The molecule has 0 unspecified atom stereocenters. The molecule has 0 rings (SSSR count). The summed E-state index contributed by atoms with van der Waals surface area (Å²) in [5.74, 6) is -0.627. The highest BCUT2D eigenvalue weighted by Gasteiger charge is 1.96. The number of methoxy groups -OCH3 is 1. The second-order valence-corrected chi connectivity index (χ2v) is 1.40. The molecule has 0 aliphatic carbocycles. The Morgan fingerprint density at radius 2 is 2.09 bits per heavy atom. The third-order valence-corrected chi connectivity index (χ3v) is 0.664. The Hall–Kier alpha value is -1.43. The summed E-state index contributed by atoms with van der Waals surface area (Å²) in [4.78, 5) is 28.1. The van der Waals surface area contributed by atoms with Crippen molar-refractivity contribution in [3.05, 3.63) is 0 Å². The van der Waals surface area contributed by atoms with Gasteiger partial charge in [-0.3, -0.25) is 9.63 Å². The monoisotopic (exact) mass is 160 g/mol. The van der Waals surface area contributed by atoms with Crippen LogP contribution < -0.4 is 5.48 Å². The molecule has 11 heavy (non-hydrogen) atoms. The van der Waals surface area contributed by atoms with Crippen LogP contribution in [-0.4, -0.2) is 32.4 Å². The van der Waals surface area contributed by atoms with Crippen LogP contribution in [0.1, 0.15) is 0 Å². The maximum Gasteiger partial charge on any atom is 0.433 e. The van der Waals surface area contributed by atoms with Gasteiger partial charge in [0.1, 0.15) is 6.21 Å². The van der Waals surface area contributed by atoms with E-state index in [0.29, 0.717) is 0 Å². The second kappa shape index (κ2) is 5.36. The minimum absolute atomic E-state index is 0.627. The highest BCUT2D eigenvalue weighted by Crippen LogP contribution is 1.76. The molecular formula is C5H8N2O4. The number of aliphatic imine (C=N–C) groups is 1. The van der Waals surface area contributed by atoms with Gasteiger partial charge in [0.2, 0.25) is 0 Å². The lowest BCUT2D eigenvalue weighted by molar-refractivity contribution is -0.123. The molecule has 0 aromatic carbocycles. The molecule has 6 heteroatoms. The van der Waals surface area contributed by atoms with Gasteiger partial charge >= 0.3 is 6.09 Å². The molecule has 0 saturated carbocycles. The molecule has 0 saturated heterocycles. The predicted octanol–water partition coefficient (Wildman–Crippen LogP) is -0.499. The summed E-state index contributed by atoms with van der Waals surface area (Å²) < 4.78 is 4.12. The Labute approximate surface area is 63.1 Å². The molecule has 0 bridgehead atoms. The first-order valence-corrected chi connectivity index (χ1v) is 2.65. The van der Waals surface area contributed by atoms with E-state index in [1.807, 2.05) is 5.48 Å². The van der Waals surface area contributed by atoms with Crippen LogP contribution in [0.3, 0.4) is 0 Å². The average molecular weight is 160 g/mol. The van der Waals surface area contributed by atoms with E-state index in [1.54, 1.807) is 0 Å². The second-order valence-electron chi connectivity index (χ2n) is 1.40. The van der Waals surface area contributed by atoms with Gasteiger partial charge in [0.05, 0.1) is 14.2 Å². The summed E-state index contributed by atoms with van der Waals surface area (Å²) in [6, 6.07) is 0. The Balaban J connectivity index is 3.73. The highest BCUT2D eigenvalue weighted by molar-refractivity contribution is 6.27. The SMILES string of the molecule is CONC(=O)/C=N/C(=O)OC. The zero-order valence-corrected chi connectivity index (χ0v) is 6.16. The van der Waals surface area contributed by atoms with E-state index in [-0.39, 0.29) is 0 Å². The Morgan fingerprint density at radius 3 is 2.55 bits per heavy atom. The molecule has 0 atom stereocenters. The summed E-state index contributed by atoms with van der Waals surface area (Å²) >= 11 is 0. The molecule has 0 fully saturated rings. The van der Waals surface area contributed by atoms with Crippen molar-refractivity contribution in [2.75, 3.05) is 14.2 Å². The van der Waals surface area contributed by atoms with E-state index in [4.69, 9.17) is 0 Å². The normalized spacial score (nSPS) is 9.64. The fourth-order valence-corrected chi connectivity index (χ4v) is 0.291. The van der Waals surface area contributed by atoms with Gasteiger partial charge in [0.15, 0.2) is 0 Å². The molecule has 0 aliphatic heterocycles. The van der Waals surface area contributed by atoms with Gasteiger partial charge < -0.3 is 4.74 Å². The van der Waals surface area contributed by atoms with Crippen molar-refractivity contribution in [2.24, 2.45) is 4.99 Å². The third kappa shape index (κ3) is 5.04. The minimum atomic E-state index is -0.837. The van der Waals surface area contributed by atoms with E-state index in [1.165, 1.54) is 7.11 Å². The average Bonchev–Trinajstić information content (AvgIpc) is 2.01. The summed E-state index contributed by atoms with van der Waals surface area (Å²) in [7, 11) is 2.43. The van der Waals surface area contributed by atoms with Crippen LogP contribution in [0.4, 0.5) is 4.79 Å². The fraction of sp³-hybridized carbons (Fsp3) is 0.400. The van der Waals surface area contributed by atoms with Crippen molar-refractivity contribution >= 4 is 18.2 Å². The molecule has 0 radical (unpaired) electrons. The van der Waals surface area contributed by atoms with Crippen LogP contribution in [0.25, 0.3) is 0 Å². The van der Waals surface area contributed by atoms with Gasteiger partial charge in [-0.1, -0.05) is 0 Å². The number of hydroxylamine groups is 1. The Kier molecular flexibility index (Phi) is 4.67. The van der Waals surface area contributed by atoms with Gasteiger partial charge in [-0.2, -0.15) is 4.99 Å². The lowest BCUT2D eigenvalue weighted by Crippen LogP contribution is -2.23. The van der Waals surface area contributed by atoms with Crippen molar-refractivity contribution in [1.82, 2.24) is 5.48 Å². The van der Waals surface area contributed by atoms with E-state index in [2.05, 4.69) is 14.6 Å². The Morgan fingerprint density at radius 1 is 1.45 bits per heavy atom. The standard InChI is InChI=1S/C5H8N2O4/c1-10-5(9)6-3-4(8)7-11-2/h3H,1-2H3,(H,7,8)/b6-3+. The highest BCUT2D eigenvalue weighted by atomic mass is 16.6. The number of nitrogens with zero attached hydrogens (tertiary/aromatic N) is 1. The maximum absolute atomic E-state index is 10.5. The zero-order valence-electron chi connectivity index (χ0n) is 6.16. The molecule has 1 N–H and O–H groups in total. The molecule has 6 nitrogen and oxygen atoms in total. The quantitative estimate of drug-likeness (QED) is 0.436. The maximum atomic E-state index is 10.5. The van der Waals surface area contributed by atoms with Crippen LogP contribution in [-0.2, 0) is 14.4 Å². The van der Waals surface area contributed by atoms with Gasteiger partial charge in [-0.05, 0) is 0 Å². The number of carbonyl (C=O) groups excluding carboxylic acids is 2. The molecule has 0 aliphatic rings. The smallest absolute Gasteiger partial charge is 0.433 e.